The van der Waals surface area contributed by atoms with E-state index in [0.717, 1.165) is 22.4 Å². The summed E-state index contributed by atoms with van der Waals surface area (Å²) in [6, 6.07) is 11.7. The summed E-state index contributed by atoms with van der Waals surface area (Å²) in [7, 11) is 3.18. The van der Waals surface area contributed by atoms with Gasteiger partial charge < -0.3 is 9.47 Å². The lowest BCUT2D eigenvalue weighted by atomic mass is 10.0. The van der Waals surface area contributed by atoms with Gasteiger partial charge in [-0.2, -0.15) is 5.26 Å². The molecule has 0 radical (unpaired) electrons. The molecule has 2 aromatic rings. The fourth-order valence-electron chi connectivity index (χ4n) is 2.64. The highest BCUT2D eigenvalue weighted by Crippen LogP contribution is 2.48. The largest absolute Gasteiger partial charge is 0.345 e. The molecule has 19 heavy (non-hydrogen) atoms. The number of hydrogen-bond donors (Lipinski definition) is 0. The molecule has 0 amide bonds. The van der Waals surface area contributed by atoms with Gasteiger partial charge in [0.25, 0.3) is 0 Å². The molecule has 0 atom stereocenters. The Morgan fingerprint density at radius 2 is 1.89 bits per heavy atom. The van der Waals surface area contributed by atoms with Crippen molar-refractivity contribution in [1.29, 1.82) is 5.26 Å². The number of rotatable bonds is 2. The number of nitrogens with zero attached hydrogens (tertiary/aromatic N) is 2. The molecule has 0 N–H and O–H groups in total. The van der Waals surface area contributed by atoms with E-state index in [9.17, 15) is 0 Å². The van der Waals surface area contributed by atoms with Gasteiger partial charge in [-0.25, -0.2) is 0 Å². The van der Waals surface area contributed by atoms with Crippen LogP contribution in [0.25, 0.3) is 11.3 Å². The van der Waals surface area contributed by atoms with Crippen LogP contribution in [0.3, 0.4) is 0 Å². The van der Waals surface area contributed by atoms with Gasteiger partial charge in [0.05, 0.1) is 11.3 Å². The van der Waals surface area contributed by atoms with Crippen molar-refractivity contribution in [3.63, 3.8) is 0 Å². The average Bonchev–Trinajstić information content (AvgIpc) is 2.77. The number of nitriles is 1. The quantitative estimate of drug-likeness (QED) is 0.770. The van der Waals surface area contributed by atoms with Gasteiger partial charge in [-0.1, -0.05) is 24.3 Å². The van der Waals surface area contributed by atoms with Gasteiger partial charge >= 0.3 is 0 Å². The fourth-order valence-corrected chi connectivity index (χ4v) is 2.64. The molecule has 0 spiro atoms. The molecule has 0 saturated carbocycles. The van der Waals surface area contributed by atoms with Gasteiger partial charge in [0.1, 0.15) is 6.07 Å². The second-order valence-electron chi connectivity index (χ2n) is 4.30. The number of aromatic nitrogens is 1. The summed E-state index contributed by atoms with van der Waals surface area (Å²) < 4.78 is 11.3. The molecular weight excluding hydrogens is 240 g/mol. The fraction of sp³-hybridized carbons (Fsp3) is 0.200. The van der Waals surface area contributed by atoms with Crippen molar-refractivity contribution < 1.29 is 9.47 Å². The third-order valence-corrected chi connectivity index (χ3v) is 3.48. The van der Waals surface area contributed by atoms with Crippen molar-refractivity contribution in [2.45, 2.75) is 5.79 Å². The first-order chi connectivity index (χ1) is 9.26. The maximum atomic E-state index is 9.03. The summed E-state index contributed by atoms with van der Waals surface area (Å²) in [6.07, 6.45) is 1.57. The molecule has 0 unspecified atom stereocenters. The minimum Gasteiger partial charge on any atom is -0.345 e. The third-order valence-electron chi connectivity index (χ3n) is 3.48. The Bertz CT molecular complexity index is 685. The zero-order valence-corrected chi connectivity index (χ0v) is 10.7. The third kappa shape index (κ3) is 1.43. The Kier molecular flexibility index (Phi) is 2.59. The Hall–Kier alpha value is -2.22. The molecule has 1 aromatic heterocycles. The molecule has 1 aromatic carbocycles. The number of benzene rings is 1. The maximum Gasteiger partial charge on any atom is 0.224 e. The van der Waals surface area contributed by atoms with Crippen LogP contribution in [0.1, 0.15) is 16.7 Å². The van der Waals surface area contributed by atoms with Crippen molar-refractivity contribution in [3.8, 4) is 17.3 Å². The minimum atomic E-state index is -0.980. The van der Waals surface area contributed by atoms with E-state index in [4.69, 9.17) is 14.7 Å². The highest BCUT2D eigenvalue weighted by Gasteiger charge is 2.45. The summed E-state index contributed by atoms with van der Waals surface area (Å²) in [5.74, 6) is -0.980. The number of hydrogen-bond acceptors (Lipinski definition) is 4. The van der Waals surface area contributed by atoms with Crippen LogP contribution in [-0.2, 0) is 15.3 Å². The van der Waals surface area contributed by atoms with Crippen LogP contribution >= 0.6 is 0 Å². The number of fused-ring (bicyclic) bond motifs is 3. The van der Waals surface area contributed by atoms with Crippen molar-refractivity contribution in [2.75, 3.05) is 14.2 Å². The Labute approximate surface area is 111 Å². The van der Waals surface area contributed by atoms with Gasteiger partial charge in [-0.15, -0.1) is 0 Å². The van der Waals surface area contributed by atoms with E-state index in [1.54, 1.807) is 26.5 Å². The van der Waals surface area contributed by atoms with Crippen LogP contribution in [0.2, 0.25) is 0 Å². The lowest BCUT2D eigenvalue weighted by molar-refractivity contribution is -0.180. The van der Waals surface area contributed by atoms with Crippen LogP contribution in [0.4, 0.5) is 0 Å². The van der Waals surface area contributed by atoms with Crippen LogP contribution in [0.15, 0.2) is 36.5 Å². The lowest BCUT2D eigenvalue weighted by Crippen LogP contribution is -2.29. The molecule has 4 nitrogen and oxygen atoms in total. The molecular formula is C15H12N2O2. The molecule has 94 valence electrons. The standard InChI is InChI=1S/C15H12N2O2/c1-18-15(19-2)12-6-4-3-5-11(12)14-13(15)7-10(8-16)9-17-14/h3-7,9H,1-2H3. The highest BCUT2D eigenvalue weighted by atomic mass is 16.7. The lowest BCUT2D eigenvalue weighted by Gasteiger charge is -2.28. The predicted molar refractivity (Wildman–Crippen MR) is 69.2 cm³/mol. The Balaban J connectivity index is 2.37. The molecule has 0 saturated heterocycles. The van der Waals surface area contributed by atoms with Gasteiger partial charge in [0.15, 0.2) is 0 Å². The minimum absolute atomic E-state index is 0.491. The van der Waals surface area contributed by atoms with Crippen molar-refractivity contribution in [2.24, 2.45) is 0 Å². The number of pyridine rings is 1. The van der Waals surface area contributed by atoms with Crippen LogP contribution in [-0.4, -0.2) is 19.2 Å². The predicted octanol–water partition coefficient (Wildman–Crippen LogP) is 2.43. The average molecular weight is 252 g/mol. The molecule has 4 heteroatoms. The zero-order valence-electron chi connectivity index (χ0n) is 10.7. The second kappa shape index (κ2) is 4.16. The molecule has 1 aliphatic carbocycles. The summed E-state index contributed by atoms with van der Waals surface area (Å²) in [6.45, 7) is 0. The van der Waals surface area contributed by atoms with E-state index in [1.165, 1.54) is 0 Å². The van der Waals surface area contributed by atoms with E-state index in [1.807, 2.05) is 24.3 Å². The zero-order chi connectivity index (χ0) is 13.5. The molecule has 0 aliphatic heterocycles. The molecule has 0 fully saturated rings. The van der Waals surface area contributed by atoms with Crippen LogP contribution < -0.4 is 0 Å². The normalized spacial score (nSPS) is 14.6. The maximum absolute atomic E-state index is 9.03. The van der Waals surface area contributed by atoms with E-state index in [0.29, 0.717) is 5.56 Å². The van der Waals surface area contributed by atoms with Gasteiger partial charge in [-0.3, -0.25) is 4.98 Å². The first kappa shape index (κ1) is 11.8. The molecule has 1 aliphatic rings. The molecule has 3 rings (SSSR count). The summed E-state index contributed by atoms with van der Waals surface area (Å²) in [5, 5.41) is 9.03. The summed E-state index contributed by atoms with van der Waals surface area (Å²) in [5.41, 5.74) is 3.96. The second-order valence-corrected chi connectivity index (χ2v) is 4.30. The number of ether oxygens (including phenoxy) is 2. The summed E-state index contributed by atoms with van der Waals surface area (Å²) >= 11 is 0. The van der Waals surface area contributed by atoms with Gasteiger partial charge in [-0.05, 0) is 6.07 Å². The first-order valence-corrected chi connectivity index (χ1v) is 5.87. The Morgan fingerprint density at radius 1 is 1.16 bits per heavy atom. The SMILES string of the molecule is COC1(OC)c2ccccc2-c2ncc(C#N)cc21. The van der Waals surface area contributed by atoms with Crippen molar-refractivity contribution in [1.82, 2.24) is 4.98 Å². The van der Waals surface area contributed by atoms with E-state index in [-0.39, 0.29) is 0 Å². The van der Waals surface area contributed by atoms with E-state index in [2.05, 4.69) is 11.1 Å². The smallest absolute Gasteiger partial charge is 0.224 e. The topological polar surface area (TPSA) is 55.1 Å². The van der Waals surface area contributed by atoms with Crippen molar-refractivity contribution in [3.05, 3.63) is 53.2 Å². The monoisotopic (exact) mass is 252 g/mol. The highest BCUT2D eigenvalue weighted by molar-refractivity contribution is 5.76. The van der Waals surface area contributed by atoms with Gasteiger partial charge in [0, 0.05) is 37.1 Å². The van der Waals surface area contributed by atoms with Gasteiger partial charge in [0.2, 0.25) is 5.79 Å². The van der Waals surface area contributed by atoms with Crippen LogP contribution in [0, 0.1) is 11.3 Å². The van der Waals surface area contributed by atoms with E-state index < -0.39 is 5.79 Å². The number of methoxy groups -OCH3 is 2. The van der Waals surface area contributed by atoms with Crippen LogP contribution in [0.5, 0.6) is 0 Å². The molecule has 1 heterocycles. The summed E-state index contributed by atoms with van der Waals surface area (Å²) in [4.78, 5) is 4.38. The van der Waals surface area contributed by atoms with E-state index >= 15 is 0 Å². The Morgan fingerprint density at radius 3 is 2.58 bits per heavy atom. The molecule has 0 bridgehead atoms. The van der Waals surface area contributed by atoms with Crippen molar-refractivity contribution >= 4 is 0 Å². The first-order valence-electron chi connectivity index (χ1n) is 5.87.